The van der Waals surface area contributed by atoms with Gasteiger partial charge in [0.25, 0.3) is 0 Å². The van der Waals surface area contributed by atoms with Crippen molar-refractivity contribution >= 4 is 29.9 Å². The molecule has 0 unspecified atom stereocenters. The van der Waals surface area contributed by atoms with E-state index in [1.54, 1.807) is 0 Å². The molecule has 2 aliphatic rings. The molecule has 1 aromatic carbocycles. The topological polar surface area (TPSA) is 41.3 Å². The average molecular weight is 263 g/mol. The van der Waals surface area contributed by atoms with E-state index >= 15 is 0 Å². The third-order valence-electron chi connectivity index (χ3n) is 4.45. The first kappa shape index (κ1) is 12.0. The standard InChI is InChI=1S/C14H21N3S/c1-14(2)5-7-17-6-3-4-9-12(16-18)11(15)8-10(14)13(9)17/h8,16,18H,3-7,15H2,1-2H3. The van der Waals surface area contributed by atoms with E-state index < -0.39 is 0 Å². The molecular formula is C14H21N3S. The second kappa shape index (κ2) is 3.98. The predicted molar refractivity (Wildman–Crippen MR) is 81.6 cm³/mol. The fraction of sp³-hybridized carbons (Fsp3) is 0.571. The first-order valence-corrected chi connectivity index (χ1v) is 7.10. The van der Waals surface area contributed by atoms with E-state index in [0.717, 1.165) is 24.3 Å². The van der Waals surface area contributed by atoms with Gasteiger partial charge >= 0.3 is 0 Å². The summed E-state index contributed by atoms with van der Waals surface area (Å²) >= 11 is 4.22. The summed E-state index contributed by atoms with van der Waals surface area (Å²) in [5.74, 6) is 0. The summed E-state index contributed by atoms with van der Waals surface area (Å²) in [5, 5.41) is 0. The van der Waals surface area contributed by atoms with Gasteiger partial charge in [0.05, 0.1) is 11.4 Å². The Hall–Kier alpha value is -1.03. The minimum absolute atomic E-state index is 0.223. The Morgan fingerprint density at radius 2 is 2.17 bits per heavy atom. The number of anilines is 3. The van der Waals surface area contributed by atoms with Crippen LogP contribution in [0.5, 0.6) is 0 Å². The Kier molecular flexibility index (Phi) is 2.66. The molecule has 2 aliphatic heterocycles. The Morgan fingerprint density at radius 1 is 1.39 bits per heavy atom. The number of nitrogens with one attached hydrogen (secondary N) is 1. The fourth-order valence-corrected chi connectivity index (χ4v) is 3.60. The van der Waals surface area contributed by atoms with Crippen molar-refractivity contribution in [2.24, 2.45) is 0 Å². The molecule has 0 aromatic heterocycles. The van der Waals surface area contributed by atoms with Crippen molar-refractivity contribution < 1.29 is 0 Å². The summed E-state index contributed by atoms with van der Waals surface area (Å²) in [7, 11) is 0. The molecule has 0 fully saturated rings. The van der Waals surface area contributed by atoms with Gasteiger partial charge in [-0.2, -0.15) is 0 Å². The largest absolute Gasteiger partial charge is 0.397 e. The van der Waals surface area contributed by atoms with Crippen LogP contribution in [0.15, 0.2) is 6.07 Å². The number of nitrogens with two attached hydrogens (primary N) is 1. The predicted octanol–water partition coefficient (Wildman–Crippen LogP) is 2.96. The second-order valence-electron chi connectivity index (χ2n) is 6.05. The summed E-state index contributed by atoms with van der Waals surface area (Å²) in [6.07, 6.45) is 3.51. The average Bonchev–Trinajstić information content (AvgIpc) is 2.34. The van der Waals surface area contributed by atoms with Gasteiger partial charge in [0.2, 0.25) is 0 Å². The van der Waals surface area contributed by atoms with E-state index in [1.807, 2.05) is 0 Å². The van der Waals surface area contributed by atoms with E-state index in [1.165, 1.54) is 36.2 Å². The van der Waals surface area contributed by atoms with Crippen molar-refractivity contribution in [1.82, 2.24) is 0 Å². The molecule has 0 spiro atoms. The maximum absolute atomic E-state index is 6.19. The second-order valence-corrected chi connectivity index (χ2v) is 6.28. The first-order valence-electron chi connectivity index (χ1n) is 6.65. The van der Waals surface area contributed by atoms with Gasteiger partial charge in [0.1, 0.15) is 0 Å². The summed E-state index contributed by atoms with van der Waals surface area (Å²) in [6.45, 7) is 6.97. The third-order valence-corrected chi connectivity index (χ3v) is 4.67. The molecule has 0 radical (unpaired) electrons. The molecule has 0 saturated carbocycles. The summed E-state index contributed by atoms with van der Waals surface area (Å²) in [5.41, 5.74) is 12.4. The van der Waals surface area contributed by atoms with Crippen LogP contribution in [0.4, 0.5) is 17.1 Å². The molecule has 0 saturated heterocycles. The number of rotatable bonds is 1. The van der Waals surface area contributed by atoms with Crippen LogP contribution < -0.4 is 15.4 Å². The molecule has 0 amide bonds. The lowest BCUT2D eigenvalue weighted by Crippen LogP contribution is -2.41. The van der Waals surface area contributed by atoms with E-state index in [0.29, 0.717) is 0 Å². The Bertz CT molecular complexity index is 496. The Balaban J connectivity index is 2.29. The van der Waals surface area contributed by atoms with Crippen molar-refractivity contribution in [2.45, 2.75) is 38.5 Å². The molecule has 18 heavy (non-hydrogen) atoms. The molecule has 0 atom stereocenters. The van der Waals surface area contributed by atoms with Gasteiger partial charge in [-0.15, -0.1) is 0 Å². The van der Waals surface area contributed by atoms with Crippen molar-refractivity contribution in [2.75, 3.05) is 28.4 Å². The zero-order valence-corrected chi connectivity index (χ0v) is 12.0. The normalized spacial score (nSPS) is 20.5. The van der Waals surface area contributed by atoms with Gasteiger partial charge in [-0.05, 0) is 36.3 Å². The molecule has 4 heteroatoms. The minimum atomic E-state index is 0.223. The first-order chi connectivity index (χ1) is 8.54. The monoisotopic (exact) mass is 263 g/mol. The smallest absolute Gasteiger partial charge is 0.0724 e. The van der Waals surface area contributed by atoms with Gasteiger partial charge in [-0.3, -0.25) is 0 Å². The molecule has 98 valence electrons. The number of thiol groups is 1. The van der Waals surface area contributed by atoms with Gasteiger partial charge in [0.15, 0.2) is 0 Å². The van der Waals surface area contributed by atoms with Crippen LogP contribution in [-0.4, -0.2) is 13.1 Å². The van der Waals surface area contributed by atoms with E-state index in [4.69, 9.17) is 5.73 Å². The highest BCUT2D eigenvalue weighted by atomic mass is 32.1. The molecular weight excluding hydrogens is 242 g/mol. The summed E-state index contributed by atoms with van der Waals surface area (Å²) < 4.78 is 2.99. The van der Waals surface area contributed by atoms with Gasteiger partial charge < -0.3 is 15.4 Å². The van der Waals surface area contributed by atoms with Crippen molar-refractivity contribution in [3.8, 4) is 0 Å². The molecule has 0 aliphatic carbocycles. The molecule has 1 aromatic rings. The van der Waals surface area contributed by atoms with E-state index in [9.17, 15) is 0 Å². The zero-order valence-electron chi connectivity index (χ0n) is 11.1. The summed E-state index contributed by atoms with van der Waals surface area (Å²) in [6, 6.07) is 2.15. The number of hydrogen-bond acceptors (Lipinski definition) is 4. The van der Waals surface area contributed by atoms with E-state index in [-0.39, 0.29) is 5.41 Å². The number of benzene rings is 1. The SMILES string of the molecule is CC1(C)CCN2CCCc3c(NS)c(N)cc1c32. The van der Waals surface area contributed by atoms with Crippen LogP contribution in [0, 0.1) is 0 Å². The van der Waals surface area contributed by atoms with Crippen LogP contribution in [0.25, 0.3) is 0 Å². The molecule has 3 N–H and O–H groups in total. The van der Waals surface area contributed by atoms with Gasteiger partial charge in [-0.1, -0.05) is 26.7 Å². The van der Waals surface area contributed by atoms with Crippen LogP contribution in [0.1, 0.15) is 37.8 Å². The maximum Gasteiger partial charge on any atom is 0.0724 e. The number of nitrogens with zero attached hydrogens (tertiary/aromatic N) is 1. The van der Waals surface area contributed by atoms with Crippen LogP contribution in [0.3, 0.4) is 0 Å². The lowest BCUT2D eigenvalue weighted by atomic mass is 9.74. The molecule has 3 rings (SSSR count). The highest BCUT2D eigenvalue weighted by Crippen LogP contribution is 2.48. The molecule has 3 nitrogen and oxygen atoms in total. The van der Waals surface area contributed by atoms with Crippen LogP contribution >= 0.6 is 12.8 Å². The highest BCUT2D eigenvalue weighted by Gasteiger charge is 2.35. The number of nitrogen functional groups attached to an aromatic ring is 1. The van der Waals surface area contributed by atoms with Crippen molar-refractivity contribution in [3.63, 3.8) is 0 Å². The maximum atomic E-state index is 6.19. The lowest BCUT2D eigenvalue weighted by molar-refractivity contribution is 0.446. The minimum Gasteiger partial charge on any atom is -0.397 e. The molecule has 2 heterocycles. The zero-order chi connectivity index (χ0) is 12.9. The fourth-order valence-electron chi connectivity index (χ4n) is 3.33. The van der Waals surface area contributed by atoms with Gasteiger partial charge in [0, 0.05) is 24.3 Å². The van der Waals surface area contributed by atoms with E-state index in [2.05, 4.69) is 42.4 Å². The van der Waals surface area contributed by atoms with Crippen LogP contribution in [0.2, 0.25) is 0 Å². The Morgan fingerprint density at radius 3 is 2.89 bits per heavy atom. The van der Waals surface area contributed by atoms with Crippen LogP contribution in [-0.2, 0) is 11.8 Å². The van der Waals surface area contributed by atoms with Crippen molar-refractivity contribution in [3.05, 3.63) is 17.2 Å². The summed E-state index contributed by atoms with van der Waals surface area (Å²) in [4.78, 5) is 2.52. The third kappa shape index (κ3) is 1.58. The van der Waals surface area contributed by atoms with Gasteiger partial charge in [-0.25, -0.2) is 0 Å². The quantitative estimate of drug-likeness (QED) is 0.539. The Labute approximate surface area is 114 Å². The lowest BCUT2D eigenvalue weighted by Gasteiger charge is -2.44. The van der Waals surface area contributed by atoms with Crippen molar-refractivity contribution in [1.29, 1.82) is 0 Å². The molecule has 0 bridgehead atoms. The highest BCUT2D eigenvalue weighted by molar-refractivity contribution is 7.81. The number of hydrogen-bond donors (Lipinski definition) is 3.